The van der Waals surface area contributed by atoms with Crippen molar-refractivity contribution in [2.24, 2.45) is 0 Å². The van der Waals surface area contributed by atoms with Crippen LogP contribution < -0.4 is 25.9 Å². The third-order valence-electron chi connectivity index (χ3n) is 7.45. The molecule has 0 aromatic heterocycles. The van der Waals surface area contributed by atoms with Crippen LogP contribution in [0.15, 0.2) is 109 Å². The summed E-state index contributed by atoms with van der Waals surface area (Å²) in [5.41, 5.74) is 7.04. The number of hydrazine groups is 1. The van der Waals surface area contributed by atoms with Gasteiger partial charge in [-0.25, -0.2) is 5.01 Å². The molecule has 0 bridgehead atoms. The summed E-state index contributed by atoms with van der Waals surface area (Å²) in [6.45, 7) is 0. The van der Waals surface area contributed by atoms with Crippen molar-refractivity contribution in [1.82, 2.24) is 15.8 Å². The summed E-state index contributed by atoms with van der Waals surface area (Å²) in [5, 5.41) is 6.44. The molecule has 1 heterocycles. The highest BCUT2D eigenvalue weighted by Gasteiger charge is 2.35. The molecule has 4 aromatic carbocycles. The Morgan fingerprint density at radius 1 is 0.766 bits per heavy atom. The lowest BCUT2D eigenvalue weighted by molar-refractivity contribution is -0.130. The average molecular weight is 649 g/mol. The minimum Gasteiger partial charge on any atom is -0.378 e. The average Bonchev–Trinajstić information content (AvgIpc) is 3.44. The largest absolute Gasteiger partial charge is 0.378 e. The number of thioether (sulfide) groups is 1. The number of rotatable bonds is 10. The zero-order valence-corrected chi connectivity index (χ0v) is 27.4. The molecule has 0 aliphatic carbocycles. The molecule has 10 nitrogen and oxygen atoms in total. The van der Waals surface area contributed by atoms with Crippen LogP contribution in [0.5, 0.6) is 0 Å². The fourth-order valence-electron chi connectivity index (χ4n) is 4.86. The maximum atomic E-state index is 13.7. The molecule has 240 valence electrons. The van der Waals surface area contributed by atoms with Gasteiger partial charge in [0.25, 0.3) is 23.6 Å². The van der Waals surface area contributed by atoms with Crippen LogP contribution >= 0.6 is 11.8 Å². The molecular weight excluding hydrogens is 613 g/mol. The highest BCUT2D eigenvalue weighted by molar-refractivity contribution is 8.00. The van der Waals surface area contributed by atoms with Crippen molar-refractivity contribution in [2.45, 2.75) is 5.37 Å². The van der Waals surface area contributed by atoms with Gasteiger partial charge in [-0.3, -0.25) is 24.6 Å². The fraction of sp³-hybridized carbons (Fsp3) is 0.167. The van der Waals surface area contributed by atoms with Gasteiger partial charge in [0.15, 0.2) is 0 Å². The predicted molar refractivity (Wildman–Crippen MR) is 188 cm³/mol. The van der Waals surface area contributed by atoms with E-state index in [9.17, 15) is 19.2 Å². The van der Waals surface area contributed by atoms with Gasteiger partial charge in [-0.15, -0.1) is 11.8 Å². The molecule has 1 aliphatic rings. The Balaban J connectivity index is 1.38. The monoisotopic (exact) mass is 648 g/mol. The topological polar surface area (TPSA) is 114 Å². The third-order valence-corrected chi connectivity index (χ3v) is 8.67. The second kappa shape index (κ2) is 14.7. The first kappa shape index (κ1) is 32.8. The predicted octanol–water partition coefficient (Wildman–Crippen LogP) is 5.15. The molecule has 3 N–H and O–H groups in total. The number of benzene rings is 4. The van der Waals surface area contributed by atoms with E-state index in [1.807, 2.05) is 86.5 Å². The molecule has 1 aliphatic heterocycles. The standard InChI is InChI=1S/C36H36N6O4S/c1-40(2)27-18-14-24(15-19-27)22-31(38-33(44)25-10-6-5-7-11-25)35(46)37-30-13-9-8-12-29(30)34(45)39-42-32(43)23-47-36(42)26-16-20-28(21-17-26)41(3)4/h5-22,36H,23H2,1-4H3,(H,37,46)(H,38,44)(H,39,45)/b31-22+. The molecule has 0 spiro atoms. The van der Waals surface area contributed by atoms with E-state index in [1.165, 1.54) is 16.8 Å². The molecule has 0 radical (unpaired) electrons. The van der Waals surface area contributed by atoms with Crippen LogP contribution in [0.3, 0.4) is 0 Å². The van der Waals surface area contributed by atoms with Gasteiger partial charge in [-0.1, -0.05) is 54.6 Å². The SMILES string of the molecule is CN(C)c1ccc(/C=C(/NC(=O)c2ccccc2)C(=O)Nc2ccccc2C(=O)NN2C(=O)CSC2c2ccc(N(C)C)cc2)cc1. The zero-order valence-electron chi connectivity index (χ0n) is 26.6. The number of hydrogen-bond donors (Lipinski definition) is 3. The van der Waals surface area contributed by atoms with Crippen molar-refractivity contribution in [1.29, 1.82) is 0 Å². The van der Waals surface area contributed by atoms with E-state index in [0.29, 0.717) is 11.1 Å². The zero-order chi connectivity index (χ0) is 33.5. The molecule has 1 fully saturated rings. The van der Waals surface area contributed by atoms with Crippen LogP contribution in [-0.4, -0.2) is 62.6 Å². The van der Waals surface area contributed by atoms with Crippen molar-refractivity contribution in [2.75, 3.05) is 49.1 Å². The van der Waals surface area contributed by atoms with E-state index in [1.54, 1.807) is 60.7 Å². The molecule has 4 amide bonds. The van der Waals surface area contributed by atoms with E-state index >= 15 is 0 Å². The van der Waals surface area contributed by atoms with E-state index in [4.69, 9.17) is 0 Å². The molecule has 0 saturated carbocycles. The number of nitrogens with one attached hydrogen (secondary N) is 3. The van der Waals surface area contributed by atoms with Crippen molar-refractivity contribution < 1.29 is 19.2 Å². The van der Waals surface area contributed by atoms with Crippen LogP contribution in [-0.2, 0) is 9.59 Å². The van der Waals surface area contributed by atoms with Crippen molar-refractivity contribution >= 4 is 58.5 Å². The summed E-state index contributed by atoms with van der Waals surface area (Å²) in [7, 11) is 7.76. The van der Waals surface area contributed by atoms with Crippen LogP contribution in [0.1, 0.15) is 37.2 Å². The Labute approximate surface area is 278 Å². The summed E-state index contributed by atoms with van der Waals surface area (Å²) in [6.07, 6.45) is 1.57. The van der Waals surface area contributed by atoms with Crippen LogP contribution in [0.25, 0.3) is 6.08 Å². The normalized spacial score (nSPS) is 14.4. The third kappa shape index (κ3) is 8.00. The quantitative estimate of drug-likeness (QED) is 0.204. The first-order valence-corrected chi connectivity index (χ1v) is 15.9. The number of nitrogens with zero attached hydrogens (tertiary/aromatic N) is 3. The number of carbonyl (C=O) groups is 4. The van der Waals surface area contributed by atoms with Crippen molar-refractivity contribution in [3.8, 4) is 0 Å². The Hall–Kier alpha value is -5.55. The van der Waals surface area contributed by atoms with Gasteiger partial charge in [0, 0.05) is 45.1 Å². The van der Waals surface area contributed by atoms with Gasteiger partial charge < -0.3 is 20.4 Å². The van der Waals surface area contributed by atoms with Gasteiger partial charge in [-0.05, 0) is 65.7 Å². The molecule has 4 aromatic rings. The second-order valence-electron chi connectivity index (χ2n) is 11.2. The minimum absolute atomic E-state index is 0.0148. The number of anilines is 3. The molecule has 1 unspecified atom stereocenters. The lowest BCUT2D eigenvalue weighted by Crippen LogP contribution is -2.44. The van der Waals surface area contributed by atoms with Crippen LogP contribution in [0, 0.1) is 0 Å². The van der Waals surface area contributed by atoms with Crippen molar-refractivity contribution in [3.63, 3.8) is 0 Å². The lowest BCUT2D eigenvalue weighted by Gasteiger charge is -2.25. The summed E-state index contributed by atoms with van der Waals surface area (Å²) >= 11 is 1.42. The van der Waals surface area contributed by atoms with E-state index in [0.717, 1.165) is 16.9 Å². The van der Waals surface area contributed by atoms with Crippen LogP contribution in [0.4, 0.5) is 17.1 Å². The Morgan fingerprint density at radius 2 is 1.36 bits per heavy atom. The van der Waals surface area contributed by atoms with Crippen LogP contribution in [0.2, 0.25) is 0 Å². The van der Waals surface area contributed by atoms with Gasteiger partial charge in [0.2, 0.25) is 0 Å². The second-order valence-corrected chi connectivity index (χ2v) is 12.3. The highest BCUT2D eigenvalue weighted by atomic mass is 32.2. The Morgan fingerprint density at radius 3 is 2.00 bits per heavy atom. The fourth-order valence-corrected chi connectivity index (χ4v) is 5.96. The lowest BCUT2D eigenvalue weighted by atomic mass is 10.1. The summed E-state index contributed by atoms with van der Waals surface area (Å²) in [5.74, 6) is -1.68. The molecule has 11 heteroatoms. The van der Waals surface area contributed by atoms with Gasteiger partial charge >= 0.3 is 0 Å². The van der Waals surface area contributed by atoms with Crippen molar-refractivity contribution in [3.05, 3.63) is 131 Å². The summed E-state index contributed by atoms with van der Waals surface area (Å²) in [4.78, 5) is 57.3. The maximum Gasteiger partial charge on any atom is 0.272 e. The first-order valence-electron chi connectivity index (χ1n) is 14.9. The molecular formula is C36H36N6O4S. The molecule has 1 saturated heterocycles. The number of hydrogen-bond acceptors (Lipinski definition) is 7. The Kier molecular flexibility index (Phi) is 10.3. The van der Waals surface area contributed by atoms with E-state index in [-0.39, 0.29) is 28.6 Å². The number of carbonyl (C=O) groups excluding carboxylic acids is 4. The highest BCUT2D eigenvalue weighted by Crippen LogP contribution is 2.38. The van der Waals surface area contributed by atoms with Gasteiger partial charge in [0.05, 0.1) is 17.0 Å². The number of amides is 4. The van der Waals surface area contributed by atoms with Gasteiger partial charge in [-0.2, -0.15) is 0 Å². The Bertz CT molecular complexity index is 1790. The molecule has 5 rings (SSSR count). The number of para-hydroxylation sites is 1. The van der Waals surface area contributed by atoms with E-state index < -0.39 is 23.1 Å². The summed E-state index contributed by atoms with van der Waals surface area (Å²) in [6, 6.07) is 30.4. The minimum atomic E-state index is -0.627. The van der Waals surface area contributed by atoms with Gasteiger partial charge in [0.1, 0.15) is 11.1 Å². The van der Waals surface area contributed by atoms with E-state index in [2.05, 4.69) is 16.1 Å². The molecule has 47 heavy (non-hydrogen) atoms. The maximum absolute atomic E-state index is 13.7. The first-order chi connectivity index (χ1) is 22.6. The molecule has 1 atom stereocenters. The smallest absolute Gasteiger partial charge is 0.272 e. The summed E-state index contributed by atoms with van der Waals surface area (Å²) < 4.78 is 0.